The van der Waals surface area contributed by atoms with Crippen LogP contribution in [0.15, 0.2) is 24.3 Å². The van der Waals surface area contributed by atoms with Gasteiger partial charge in [0.05, 0.1) is 13.5 Å². The molecule has 0 radical (unpaired) electrons. The summed E-state index contributed by atoms with van der Waals surface area (Å²) in [5.74, 6) is -0.277. The van der Waals surface area contributed by atoms with Crippen molar-refractivity contribution < 1.29 is 9.53 Å². The van der Waals surface area contributed by atoms with Crippen LogP contribution in [-0.4, -0.2) is 13.1 Å². The Kier molecular flexibility index (Phi) is 5.97. The highest BCUT2D eigenvalue weighted by atomic mass is 35.5. The number of aryl methyl sites for hydroxylation is 1. The van der Waals surface area contributed by atoms with Crippen molar-refractivity contribution in [2.45, 2.75) is 19.4 Å². The van der Waals surface area contributed by atoms with Gasteiger partial charge in [0.15, 0.2) is 0 Å². The zero-order chi connectivity index (χ0) is 10.6. The van der Waals surface area contributed by atoms with Crippen LogP contribution < -0.4 is 5.73 Å². The van der Waals surface area contributed by atoms with Gasteiger partial charge in [0.25, 0.3) is 0 Å². The molecule has 84 valence electrons. The molecule has 0 saturated carbocycles. The van der Waals surface area contributed by atoms with E-state index in [2.05, 4.69) is 4.74 Å². The SMILES string of the molecule is COC(=O)C[C@@H](N)c1ccccc1C.Cl. The molecular formula is C11H16ClNO2. The number of ether oxygens (including phenoxy) is 1. The van der Waals surface area contributed by atoms with Crippen LogP contribution in [0.5, 0.6) is 0 Å². The van der Waals surface area contributed by atoms with E-state index < -0.39 is 0 Å². The molecule has 0 aliphatic rings. The van der Waals surface area contributed by atoms with Crippen LogP contribution in [-0.2, 0) is 9.53 Å². The summed E-state index contributed by atoms with van der Waals surface area (Å²) in [6.07, 6.45) is 0.224. The average molecular weight is 230 g/mol. The summed E-state index contributed by atoms with van der Waals surface area (Å²) in [6, 6.07) is 7.50. The summed E-state index contributed by atoms with van der Waals surface area (Å²) >= 11 is 0. The molecule has 1 atom stereocenters. The van der Waals surface area contributed by atoms with Gasteiger partial charge in [-0.25, -0.2) is 0 Å². The summed E-state index contributed by atoms with van der Waals surface area (Å²) in [4.78, 5) is 11.0. The molecule has 0 fully saturated rings. The Morgan fingerprint density at radius 3 is 2.60 bits per heavy atom. The van der Waals surface area contributed by atoms with E-state index in [4.69, 9.17) is 5.73 Å². The molecular weight excluding hydrogens is 214 g/mol. The highest BCUT2D eigenvalue weighted by Gasteiger charge is 2.12. The summed E-state index contributed by atoms with van der Waals surface area (Å²) in [5, 5.41) is 0. The molecule has 15 heavy (non-hydrogen) atoms. The quantitative estimate of drug-likeness (QED) is 0.807. The van der Waals surface area contributed by atoms with Crippen LogP contribution in [0.2, 0.25) is 0 Å². The average Bonchev–Trinajstić information content (AvgIpc) is 2.18. The molecule has 0 amide bonds. The number of benzene rings is 1. The van der Waals surface area contributed by atoms with Crippen molar-refractivity contribution in [1.82, 2.24) is 0 Å². The lowest BCUT2D eigenvalue weighted by atomic mass is 10.00. The molecule has 0 spiro atoms. The topological polar surface area (TPSA) is 52.3 Å². The monoisotopic (exact) mass is 229 g/mol. The second-order valence-electron chi connectivity index (χ2n) is 3.24. The summed E-state index contributed by atoms with van der Waals surface area (Å²) in [7, 11) is 1.37. The van der Waals surface area contributed by atoms with Gasteiger partial charge in [-0.15, -0.1) is 12.4 Å². The number of carbonyl (C=O) groups excluding carboxylic acids is 1. The standard InChI is InChI=1S/C11H15NO2.ClH/c1-8-5-3-4-6-9(8)10(12)7-11(13)14-2;/h3-6,10H,7,12H2,1-2H3;1H/t10-;/m1./s1. The van der Waals surface area contributed by atoms with Crippen molar-refractivity contribution >= 4 is 18.4 Å². The summed E-state index contributed by atoms with van der Waals surface area (Å²) < 4.78 is 4.56. The molecule has 0 heterocycles. The van der Waals surface area contributed by atoms with Gasteiger partial charge in [0.2, 0.25) is 0 Å². The number of carbonyl (C=O) groups is 1. The lowest BCUT2D eigenvalue weighted by Gasteiger charge is -2.12. The predicted octanol–water partition coefficient (Wildman–Crippen LogP) is 1.98. The van der Waals surface area contributed by atoms with E-state index in [9.17, 15) is 4.79 Å². The molecule has 0 bridgehead atoms. The van der Waals surface area contributed by atoms with Crippen molar-refractivity contribution in [1.29, 1.82) is 0 Å². The molecule has 1 rings (SSSR count). The minimum absolute atomic E-state index is 0. The Bertz CT molecular complexity index is 328. The Morgan fingerprint density at radius 2 is 2.07 bits per heavy atom. The minimum atomic E-state index is -0.277. The lowest BCUT2D eigenvalue weighted by molar-refractivity contribution is -0.141. The van der Waals surface area contributed by atoms with Gasteiger partial charge in [0.1, 0.15) is 0 Å². The molecule has 3 nitrogen and oxygen atoms in total. The van der Waals surface area contributed by atoms with Crippen molar-refractivity contribution in [3.05, 3.63) is 35.4 Å². The number of esters is 1. The van der Waals surface area contributed by atoms with Crippen LogP contribution >= 0.6 is 12.4 Å². The van der Waals surface area contributed by atoms with E-state index in [0.717, 1.165) is 11.1 Å². The Labute approximate surface area is 96.0 Å². The molecule has 4 heteroatoms. The summed E-state index contributed by atoms with van der Waals surface area (Å²) in [6.45, 7) is 1.98. The number of hydrogen-bond donors (Lipinski definition) is 1. The van der Waals surface area contributed by atoms with Gasteiger partial charge >= 0.3 is 5.97 Å². The predicted molar refractivity (Wildman–Crippen MR) is 62.0 cm³/mol. The molecule has 2 N–H and O–H groups in total. The third-order valence-corrected chi connectivity index (χ3v) is 2.20. The lowest BCUT2D eigenvalue weighted by Crippen LogP contribution is -2.17. The van der Waals surface area contributed by atoms with E-state index in [1.165, 1.54) is 7.11 Å². The summed E-state index contributed by atoms with van der Waals surface area (Å²) in [5.41, 5.74) is 7.97. The van der Waals surface area contributed by atoms with E-state index in [1.54, 1.807) is 0 Å². The van der Waals surface area contributed by atoms with E-state index in [1.807, 2.05) is 31.2 Å². The Morgan fingerprint density at radius 1 is 1.47 bits per heavy atom. The molecule has 0 unspecified atom stereocenters. The molecule has 0 aliphatic carbocycles. The fourth-order valence-corrected chi connectivity index (χ4v) is 1.38. The normalized spacial score (nSPS) is 11.4. The number of hydrogen-bond acceptors (Lipinski definition) is 3. The fraction of sp³-hybridized carbons (Fsp3) is 0.364. The van der Waals surface area contributed by atoms with Crippen LogP contribution in [0.3, 0.4) is 0 Å². The molecule has 1 aromatic rings. The third kappa shape index (κ3) is 3.90. The highest BCUT2D eigenvalue weighted by Crippen LogP contribution is 2.18. The van der Waals surface area contributed by atoms with Crippen molar-refractivity contribution in [2.24, 2.45) is 5.73 Å². The zero-order valence-electron chi connectivity index (χ0n) is 8.90. The van der Waals surface area contributed by atoms with Crippen LogP contribution in [0.4, 0.5) is 0 Å². The van der Waals surface area contributed by atoms with Crippen molar-refractivity contribution in [2.75, 3.05) is 7.11 Å². The first kappa shape index (κ1) is 13.9. The second-order valence-corrected chi connectivity index (χ2v) is 3.24. The van der Waals surface area contributed by atoms with Gasteiger partial charge in [0, 0.05) is 6.04 Å². The third-order valence-electron chi connectivity index (χ3n) is 2.20. The highest BCUT2D eigenvalue weighted by molar-refractivity contribution is 5.85. The maximum absolute atomic E-state index is 11.0. The van der Waals surface area contributed by atoms with Crippen molar-refractivity contribution in [3.8, 4) is 0 Å². The first-order valence-electron chi connectivity index (χ1n) is 4.53. The number of methoxy groups -OCH3 is 1. The maximum atomic E-state index is 11.0. The molecule has 0 saturated heterocycles. The second kappa shape index (κ2) is 6.43. The largest absolute Gasteiger partial charge is 0.469 e. The van der Waals surface area contributed by atoms with Gasteiger partial charge < -0.3 is 10.5 Å². The van der Waals surface area contributed by atoms with E-state index >= 15 is 0 Å². The molecule has 1 aromatic carbocycles. The van der Waals surface area contributed by atoms with Crippen LogP contribution in [0.25, 0.3) is 0 Å². The first-order valence-corrected chi connectivity index (χ1v) is 4.53. The smallest absolute Gasteiger partial charge is 0.307 e. The molecule has 0 aliphatic heterocycles. The molecule has 0 aromatic heterocycles. The minimum Gasteiger partial charge on any atom is -0.469 e. The van der Waals surface area contributed by atoms with Crippen molar-refractivity contribution in [3.63, 3.8) is 0 Å². The van der Waals surface area contributed by atoms with Gasteiger partial charge in [-0.2, -0.15) is 0 Å². The van der Waals surface area contributed by atoms with E-state index in [0.29, 0.717) is 0 Å². The van der Waals surface area contributed by atoms with Gasteiger partial charge in [-0.05, 0) is 18.1 Å². The fourth-order valence-electron chi connectivity index (χ4n) is 1.38. The van der Waals surface area contributed by atoms with Gasteiger partial charge in [-0.3, -0.25) is 4.79 Å². The Hall–Kier alpha value is -1.06. The number of nitrogens with two attached hydrogens (primary N) is 1. The maximum Gasteiger partial charge on any atom is 0.307 e. The number of halogens is 1. The van der Waals surface area contributed by atoms with Gasteiger partial charge in [-0.1, -0.05) is 24.3 Å². The van der Waals surface area contributed by atoms with E-state index in [-0.39, 0.29) is 30.8 Å². The van der Waals surface area contributed by atoms with Crippen LogP contribution in [0, 0.1) is 6.92 Å². The number of rotatable bonds is 3. The van der Waals surface area contributed by atoms with Crippen LogP contribution in [0.1, 0.15) is 23.6 Å². The Balaban J connectivity index is 0.00000196. The zero-order valence-corrected chi connectivity index (χ0v) is 9.71. The first-order chi connectivity index (χ1) is 6.65.